The largest absolute Gasteiger partial charge is 0.305 e. The molecule has 2 N–H and O–H groups in total. The number of rotatable bonds is 4. The number of benzene rings is 2. The summed E-state index contributed by atoms with van der Waals surface area (Å²) < 4.78 is 0.915. The first-order valence-corrected chi connectivity index (χ1v) is 7.97. The van der Waals surface area contributed by atoms with E-state index in [0.29, 0.717) is 5.56 Å². The summed E-state index contributed by atoms with van der Waals surface area (Å²) in [5.74, 6) is -0.519. The maximum atomic E-state index is 11.5. The molecule has 0 saturated heterocycles. The van der Waals surface area contributed by atoms with E-state index in [1.54, 1.807) is 23.7 Å². The second-order valence-corrected chi connectivity index (χ2v) is 6.61. The molecule has 118 valence electrons. The van der Waals surface area contributed by atoms with Gasteiger partial charge < -0.3 is 4.90 Å². The number of hydrogen-bond donors (Lipinski definition) is 2. The maximum Gasteiger partial charge on any atom is 0.274 e. The third kappa shape index (κ3) is 3.39. The van der Waals surface area contributed by atoms with Crippen molar-refractivity contribution in [2.45, 2.75) is 6.54 Å². The summed E-state index contributed by atoms with van der Waals surface area (Å²) >= 11 is 1.53. The number of hydrogen-bond acceptors (Lipinski definition) is 5. The Bertz CT molecular complexity index is 841. The number of carbonyl (C=O) groups is 1. The lowest BCUT2D eigenvalue weighted by Crippen LogP contribution is -2.18. The molecule has 0 unspecified atom stereocenters. The standard InChI is InChI=1S/C17H17N3O2S/c1-20(2)10-11-3-5-12(6-4-11)17-18-14-8-7-13(16(21)19-22)9-15(14)23-17/h3-9,22H,10H2,1-2H3,(H,19,21). The van der Waals surface area contributed by atoms with Gasteiger partial charge in [0, 0.05) is 17.7 Å². The molecule has 0 aliphatic heterocycles. The van der Waals surface area contributed by atoms with Crippen LogP contribution in [0.5, 0.6) is 0 Å². The van der Waals surface area contributed by atoms with Crippen LogP contribution in [0.15, 0.2) is 42.5 Å². The number of thiazole rings is 1. The van der Waals surface area contributed by atoms with E-state index in [4.69, 9.17) is 5.21 Å². The number of nitrogens with zero attached hydrogens (tertiary/aromatic N) is 2. The van der Waals surface area contributed by atoms with Gasteiger partial charge in [-0.1, -0.05) is 24.3 Å². The number of fused-ring (bicyclic) bond motifs is 1. The third-order valence-electron chi connectivity index (χ3n) is 3.45. The molecule has 3 rings (SSSR count). The van der Waals surface area contributed by atoms with Crippen molar-refractivity contribution in [2.24, 2.45) is 0 Å². The van der Waals surface area contributed by atoms with E-state index in [1.807, 2.05) is 14.1 Å². The van der Waals surface area contributed by atoms with Crippen molar-refractivity contribution in [3.63, 3.8) is 0 Å². The molecule has 5 nitrogen and oxygen atoms in total. The van der Waals surface area contributed by atoms with Crippen molar-refractivity contribution >= 4 is 27.5 Å². The van der Waals surface area contributed by atoms with Gasteiger partial charge in [-0.05, 0) is 37.9 Å². The molecule has 0 aliphatic rings. The summed E-state index contributed by atoms with van der Waals surface area (Å²) in [6.07, 6.45) is 0. The molecule has 3 aromatic rings. The lowest BCUT2D eigenvalue weighted by Gasteiger charge is -2.09. The zero-order valence-electron chi connectivity index (χ0n) is 12.9. The third-order valence-corrected chi connectivity index (χ3v) is 4.52. The van der Waals surface area contributed by atoms with Crippen molar-refractivity contribution in [2.75, 3.05) is 14.1 Å². The van der Waals surface area contributed by atoms with Crippen LogP contribution < -0.4 is 5.48 Å². The minimum absolute atomic E-state index is 0.413. The molecule has 2 aromatic carbocycles. The van der Waals surface area contributed by atoms with Gasteiger partial charge in [-0.2, -0.15) is 0 Å². The Hall–Kier alpha value is -2.28. The molecular weight excluding hydrogens is 310 g/mol. The maximum absolute atomic E-state index is 11.5. The summed E-state index contributed by atoms with van der Waals surface area (Å²) in [6.45, 7) is 0.903. The van der Waals surface area contributed by atoms with E-state index in [-0.39, 0.29) is 0 Å². The lowest BCUT2D eigenvalue weighted by atomic mass is 10.1. The highest BCUT2D eigenvalue weighted by Crippen LogP contribution is 2.31. The van der Waals surface area contributed by atoms with Crippen molar-refractivity contribution in [3.05, 3.63) is 53.6 Å². The fourth-order valence-electron chi connectivity index (χ4n) is 2.37. The zero-order valence-corrected chi connectivity index (χ0v) is 13.7. The van der Waals surface area contributed by atoms with E-state index in [0.717, 1.165) is 27.3 Å². The molecule has 0 atom stereocenters. The Morgan fingerprint density at radius 2 is 1.96 bits per heavy atom. The van der Waals surface area contributed by atoms with Gasteiger partial charge in [-0.15, -0.1) is 11.3 Å². The van der Waals surface area contributed by atoms with Crippen molar-refractivity contribution in [1.82, 2.24) is 15.4 Å². The minimum atomic E-state index is -0.519. The predicted molar refractivity (Wildman–Crippen MR) is 91.7 cm³/mol. The molecule has 23 heavy (non-hydrogen) atoms. The quantitative estimate of drug-likeness (QED) is 0.571. The predicted octanol–water partition coefficient (Wildman–Crippen LogP) is 3.14. The van der Waals surface area contributed by atoms with Crippen LogP contribution in [0.1, 0.15) is 15.9 Å². The fraction of sp³-hybridized carbons (Fsp3) is 0.176. The van der Waals surface area contributed by atoms with Crippen LogP contribution in [0.2, 0.25) is 0 Å². The number of nitrogens with one attached hydrogen (secondary N) is 1. The number of carbonyl (C=O) groups excluding carboxylic acids is 1. The Morgan fingerprint density at radius 3 is 2.61 bits per heavy atom. The van der Waals surface area contributed by atoms with E-state index in [2.05, 4.69) is 34.1 Å². The Kier molecular flexibility index (Phi) is 4.38. The van der Waals surface area contributed by atoms with E-state index in [1.165, 1.54) is 16.9 Å². The minimum Gasteiger partial charge on any atom is -0.305 e. The van der Waals surface area contributed by atoms with Crippen LogP contribution in [0.4, 0.5) is 0 Å². The Balaban J connectivity index is 1.92. The number of hydroxylamine groups is 1. The Labute approximate surface area is 138 Å². The molecule has 1 heterocycles. The topological polar surface area (TPSA) is 65.5 Å². The van der Waals surface area contributed by atoms with Crippen LogP contribution >= 0.6 is 11.3 Å². The van der Waals surface area contributed by atoms with E-state index < -0.39 is 5.91 Å². The van der Waals surface area contributed by atoms with Gasteiger partial charge in [0.15, 0.2) is 0 Å². The summed E-state index contributed by atoms with van der Waals surface area (Å²) in [6, 6.07) is 13.5. The fourth-order valence-corrected chi connectivity index (χ4v) is 3.38. The highest BCUT2D eigenvalue weighted by atomic mass is 32.1. The normalized spacial score (nSPS) is 11.1. The molecule has 0 bridgehead atoms. The second kappa shape index (κ2) is 6.45. The molecule has 0 radical (unpaired) electrons. The first kappa shape index (κ1) is 15.6. The van der Waals surface area contributed by atoms with Gasteiger partial charge in [-0.25, -0.2) is 10.5 Å². The summed E-state index contributed by atoms with van der Waals surface area (Å²) in [5.41, 5.74) is 5.21. The molecule has 0 spiro atoms. The SMILES string of the molecule is CN(C)Cc1ccc(-c2nc3ccc(C(=O)NO)cc3s2)cc1. The molecule has 0 saturated carbocycles. The molecule has 0 fully saturated rings. The van der Waals surface area contributed by atoms with Gasteiger partial charge in [0.2, 0.25) is 0 Å². The Morgan fingerprint density at radius 1 is 1.22 bits per heavy atom. The molecule has 6 heteroatoms. The monoisotopic (exact) mass is 327 g/mol. The second-order valence-electron chi connectivity index (χ2n) is 5.58. The molecule has 1 amide bonds. The first-order chi connectivity index (χ1) is 11.1. The van der Waals surface area contributed by atoms with Crippen LogP contribution in [0.25, 0.3) is 20.8 Å². The van der Waals surface area contributed by atoms with Crippen molar-refractivity contribution in [3.8, 4) is 10.6 Å². The van der Waals surface area contributed by atoms with Crippen LogP contribution in [-0.2, 0) is 6.54 Å². The summed E-state index contributed by atoms with van der Waals surface area (Å²) in [7, 11) is 4.09. The van der Waals surface area contributed by atoms with Gasteiger partial charge in [0.05, 0.1) is 10.2 Å². The van der Waals surface area contributed by atoms with Gasteiger partial charge in [0.25, 0.3) is 5.91 Å². The lowest BCUT2D eigenvalue weighted by molar-refractivity contribution is 0.0706. The summed E-state index contributed by atoms with van der Waals surface area (Å²) in [5, 5.41) is 9.63. The van der Waals surface area contributed by atoms with E-state index >= 15 is 0 Å². The zero-order chi connectivity index (χ0) is 16.4. The van der Waals surface area contributed by atoms with Crippen LogP contribution in [0.3, 0.4) is 0 Å². The average molecular weight is 327 g/mol. The van der Waals surface area contributed by atoms with E-state index in [9.17, 15) is 4.79 Å². The van der Waals surface area contributed by atoms with Gasteiger partial charge in [0.1, 0.15) is 5.01 Å². The molecule has 0 aliphatic carbocycles. The van der Waals surface area contributed by atoms with Crippen molar-refractivity contribution in [1.29, 1.82) is 0 Å². The highest BCUT2D eigenvalue weighted by molar-refractivity contribution is 7.21. The van der Waals surface area contributed by atoms with Gasteiger partial charge in [-0.3, -0.25) is 10.0 Å². The van der Waals surface area contributed by atoms with Crippen LogP contribution in [0, 0.1) is 0 Å². The van der Waals surface area contributed by atoms with Gasteiger partial charge >= 0.3 is 0 Å². The number of amides is 1. The van der Waals surface area contributed by atoms with Crippen LogP contribution in [-0.4, -0.2) is 35.1 Å². The highest BCUT2D eigenvalue weighted by Gasteiger charge is 2.10. The first-order valence-electron chi connectivity index (χ1n) is 7.16. The average Bonchev–Trinajstić information content (AvgIpc) is 2.97. The summed E-state index contributed by atoms with van der Waals surface area (Å²) in [4.78, 5) is 18.2. The number of aromatic nitrogens is 1. The van der Waals surface area contributed by atoms with Crippen molar-refractivity contribution < 1.29 is 10.0 Å². The smallest absolute Gasteiger partial charge is 0.274 e. The molecule has 1 aromatic heterocycles. The molecular formula is C17H17N3O2S.